The van der Waals surface area contributed by atoms with Crippen molar-refractivity contribution < 1.29 is 19.0 Å². The first kappa shape index (κ1) is 21.4. The second-order valence-electron chi connectivity index (χ2n) is 6.89. The van der Waals surface area contributed by atoms with E-state index < -0.39 is 0 Å². The first-order valence-corrected chi connectivity index (χ1v) is 10.0. The monoisotopic (exact) mass is 412 g/mol. The SMILES string of the molecule is COc1ccc(/C=C/C(=O)NCCOc2cc(N3CCCC3)nc(C)n2)cc1OC. The Kier molecular flexibility index (Phi) is 7.48. The van der Waals surface area contributed by atoms with Gasteiger partial charge in [0.1, 0.15) is 18.2 Å². The van der Waals surface area contributed by atoms with Gasteiger partial charge in [-0.1, -0.05) is 6.07 Å². The highest BCUT2D eigenvalue weighted by atomic mass is 16.5. The molecule has 1 aliphatic rings. The van der Waals surface area contributed by atoms with Crippen LogP contribution in [0.15, 0.2) is 30.3 Å². The first-order chi connectivity index (χ1) is 14.6. The Labute approximate surface area is 176 Å². The van der Waals surface area contributed by atoms with Gasteiger partial charge in [-0.3, -0.25) is 4.79 Å². The molecule has 0 unspecified atom stereocenters. The van der Waals surface area contributed by atoms with Crippen molar-refractivity contribution in [3.8, 4) is 17.4 Å². The molecule has 2 aromatic rings. The summed E-state index contributed by atoms with van der Waals surface area (Å²) in [4.78, 5) is 23.1. The summed E-state index contributed by atoms with van der Waals surface area (Å²) < 4.78 is 16.2. The summed E-state index contributed by atoms with van der Waals surface area (Å²) in [5.74, 6) is 3.16. The molecule has 160 valence electrons. The quantitative estimate of drug-likeness (QED) is 0.500. The second-order valence-corrected chi connectivity index (χ2v) is 6.89. The zero-order valence-electron chi connectivity index (χ0n) is 17.7. The average molecular weight is 412 g/mol. The van der Waals surface area contributed by atoms with E-state index in [1.165, 1.54) is 18.9 Å². The van der Waals surface area contributed by atoms with Gasteiger partial charge in [-0.05, 0) is 43.5 Å². The van der Waals surface area contributed by atoms with Crippen LogP contribution < -0.4 is 24.4 Å². The molecule has 0 saturated carbocycles. The van der Waals surface area contributed by atoms with Gasteiger partial charge in [-0.15, -0.1) is 0 Å². The number of aryl methyl sites for hydroxylation is 1. The Morgan fingerprint density at radius 2 is 1.90 bits per heavy atom. The molecular formula is C22H28N4O4. The normalized spacial score (nSPS) is 13.5. The predicted molar refractivity (Wildman–Crippen MR) is 115 cm³/mol. The van der Waals surface area contributed by atoms with Gasteiger partial charge in [-0.25, -0.2) is 4.98 Å². The number of anilines is 1. The van der Waals surface area contributed by atoms with Crippen molar-refractivity contribution in [2.75, 3.05) is 45.4 Å². The smallest absolute Gasteiger partial charge is 0.244 e. The Hall–Kier alpha value is -3.29. The van der Waals surface area contributed by atoms with Gasteiger partial charge in [0.2, 0.25) is 11.8 Å². The van der Waals surface area contributed by atoms with Crippen LogP contribution in [0.5, 0.6) is 17.4 Å². The fourth-order valence-electron chi connectivity index (χ4n) is 3.22. The van der Waals surface area contributed by atoms with Crippen LogP contribution in [0.1, 0.15) is 24.2 Å². The minimum Gasteiger partial charge on any atom is -0.493 e. The van der Waals surface area contributed by atoms with E-state index >= 15 is 0 Å². The van der Waals surface area contributed by atoms with Gasteiger partial charge in [0.25, 0.3) is 0 Å². The van der Waals surface area contributed by atoms with Gasteiger partial charge in [-0.2, -0.15) is 4.98 Å². The van der Waals surface area contributed by atoms with E-state index in [1.807, 2.05) is 19.1 Å². The number of rotatable bonds is 9. The molecule has 1 aliphatic heterocycles. The van der Waals surface area contributed by atoms with Crippen LogP contribution in [-0.4, -0.2) is 56.3 Å². The third kappa shape index (κ3) is 5.85. The lowest BCUT2D eigenvalue weighted by Gasteiger charge is -2.17. The molecular weight excluding hydrogens is 384 g/mol. The molecule has 8 heteroatoms. The number of aromatic nitrogens is 2. The molecule has 1 fully saturated rings. The molecule has 0 radical (unpaired) electrons. The average Bonchev–Trinajstić information content (AvgIpc) is 3.29. The number of methoxy groups -OCH3 is 2. The number of amides is 1. The molecule has 0 atom stereocenters. The highest BCUT2D eigenvalue weighted by molar-refractivity contribution is 5.91. The van der Waals surface area contributed by atoms with E-state index in [9.17, 15) is 4.79 Å². The number of hydrogen-bond acceptors (Lipinski definition) is 7. The number of carbonyl (C=O) groups excluding carboxylic acids is 1. The fourth-order valence-corrected chi connectivity index (χ4v) is 3.22. The maximum absolute atomic E-state index is 12.0. The molecule has 1 aromatic carbocycles. The summed E-state index contributed by atoms with van der Waals surface area (Å²) in [5.41, 5.74) is 0.838. The Morgan fingerprint density at radius 1 is 1.13 bits per heavy atom. The van der Waals surface area contributed by atoms with E-state index in [-0.39, 0.29) is 5.91 Å². The van der Waals surface area contributed by atoms with Crippen molar-refractivity contribution in [3.05, 3.63) is 41.7 Å². The molecule has 0 aliphatic carbocycles. The topological polar surface area (TPSA) is 85.8 Å². The number of carbonyl (C=O) groups is 1. The van der Waals surface area contributed by atoms with Crippen molar-refractivity contribution >= 4 is 17.8 Å². The molecule has 0 spiro atoms. The van der Waals surface area contributed by atoms with Crippen LogP contribution in [0, 0.1) is 6.92 Å². The van der Waals surface area contributed by atoms with Crippen molar-refractivity contribution in [1.82, 2.24) is 15.3 Å². The van der Waals surface area contributed by atoms with Crippen molar-refractivity contribution in [2.45, 2.75) is 19.8 Å². The highest BCUT2D eigenvalue weighted by Crippen LogP contribution is 2.28. The van der Waals surface area contributed by atoms with E-state index in [4.69, 9.17) is 14.2 Å². The summed E-state index contributed by atoms with van der Waals surface area (Å²) in [6.45, 7) is 4.58. The molecule has 1 aromatic heterocycles. The van der Waals surface area contributed by atoms with Gasteiger partial charge in [0.15, 0.2) is 11.5 Å². The largest absolute Gasteiger partial charge is 0.493 e. The van der Waals surface area contributed by atoms with Crippen LogP contribution in [-0.2, 0) is 4.79 Å². The predicted octanol–water partition coefficient (Wildman–Crippen LogP) is 2.61. The van der Waals surface area contributed by atoms with Gasteiger partial charge in [0, 0.05) is 25.2 Å². The third-order valence-corrected chi connectivity index (χ3v) is 4.72. The van der Waals surface area contributed by atoms with E-state index in [0.717, 1.165) is 24.5 Å². The summed E-state index contributed by atoms with van der Waals surface area (Å²) in [7, 11) is 3.16. The zero-order chi connectivity index (χ0) is 21.3. The molecule has 3 rings (SSSR count). The summed E-state index contributed by atoms with van der Waals surface area (Å²) >= 11 is 0. The number of nitrogens with one attached hydrogen (secondary N) is 1. The molecule has 1 amide bonds. The van der Waals surface area contributed by atoms with Crippen LogP contribution in [0.4, 0.5) is 5.82 Å². The minimum atomic E-state index is -0.204. The minimum absolute atomic E-state index is 0.204. The lowest BCUT2D eigenvalue weighted by molar-refractivity contribution is -0.116. The standard InChI is InChI=1S/C22H28N4O4/c1-16-24-20(26-11-4-5-12-26)15-22(25-16)30-13-10-23-21(27)9-7-17-6-8-18(28-2)19(14-17)29-3/h6-9,14-15H,4-5,10-13H2,1-3H3,(H,23,27)/b9-7+. The van der Waals surface area contributed by atoms with Gasteiger partial charge in [0.05, 0.1) is 20.8 Å². The van der Waals surface area contributed by atoms with Crippen molar-refractivity contribution in [1.29, 1.82) is 0 Å². The summed E-state index contributed by atoms with van der Waals surface area (Å²) in [6, 6.07) is 7.31. The van der Waals surface area contributed by atoms with Crippen LogP contribution in [0.3, 0.4) is 0 Å². The summed E-state index contributed by atoms with van der Waals surface area (Å²) in [6.07, 6.45) is 5.56. The lowest BCUT2D eigenvalue weighted by atomic mass is 10.2. The Balaban J connectivity index is 1.46. The molecule has 1 saturated heterocycles. The molecule has 1 N–H and O–H groups in total. The molecule has 2 heterocycles. The molecule has 8 nitrogen and oxygen atoms in total. The third-order valence-electron chi connectivity index (χ3n) is 4.72. The van der Waals surface area contributed by atoms with E-state index in [0.29, 0.717) is 36.4 Å². The van der Waals surface area contributed by atoms with E-state index in [1.54, 1.807) is 32.4 Å². The molecule has 0 bridgehead atoms. The Morgan fingerprint density at radius 3 is 2.63 bits per heavy atom. The molecule has 30 heavy (non-hydrogen) atoms. The van der Waals surface area contributed by atoms with Crippen molar-refractivity contribution in [2.24, 2.45) is 0 Å². The lowest BCUT2D eigenvalue weighted by Crippen LogP contribution is -2.26. The number of nitrogens with zero attached hydrogens (tertiary/aromatic N) is 3. The van der Waals surface area contributed by atoms with Gasteiger partial charge >= 0.3 is 0 Å². The van der Waals surface area contributed by atoms with Crippen LogP contribution in [0.25, 0.3) is 6.08 Å². The maximum atomic E-state index is 12.0. The van der Waals surface area contributed by atoms with Gasteiger partial charge < -0.3 is 24.4 Å². The van der Waals surface area contributed by atoms with E-state index in [2.05, 4.69) is 20.2 Å². The second kappa shape index (κ2) is 10.5. The Bertz CT molecular complexity index is 895. The van der Waals surface area contributed by atoms with Crippen LogP contribution in [0.2, 0.25) is 0 Å². The maximum Gasteiger partial charge on any atom is 0.244 e. The first-order valence-electron chi connectivity index (χ1n) is 10.0. The zero-order valence-corrected chi connectivity index (χ0v) is 17.7. The van der Waals surface area contributed by atoms with Crippen molar-refractivity contribution in [3.63, 3.8) is 0 Å². The van der Waals surface area contributed by atoms with Crippen LogP contribution >= 0.6 is 0 Å². The fraction of sp³-hybridized carbons (Fsp3) is 0.409. The number of ether oxygens (including phenoxy) is 3. The summed E-state index contributed by atoms with van der Waals surface area (Å²) in [5, 5.41) is 2.80. The number of hydrogen-bond donors (Lipinski definition) is 1. The highest BCUT2D eigenvalue weighted by Gasteiger charge is 2.15. The number of benzene rings is 1.